The molecule has 1 aliphatic rings. The highest BCUT2D eigenvalue weighted by Crippen LogP contribution is 2.30. The second kappa shape index (κ2) is 5.58. The fourth-order valence-electron chi connectivity index (χ4n) is 2.33. The van der Waals surface area contributed by atoms with Crippen LogP contribution in [0.2, 0.25) is 0 Å². The summed E-state index contributed by atoms with van der Waals surface area (Å²) in [7, 11) is 1.58. The van der Waals surface area contributed by atoms with Crippen LogP contribution in [-0.2, 0) is 19.4 Å². The standard InChI is InChI=1S/C14H16N4OS/c1-15-14(19)11-5-6-13(18-17-11)16-8-10-7-9-3-2-4-12(9)20-10/h5-7H,2-4,8H2,1H3,(H,15,19)(H,16,18). The Morgan fingerprint density at radius 1 is 1.35 bits per heavy atom. The van der Waals surface area contributed by atoms with Gasteiger partial charge in [0.15, 0.2) is 5.69 Å². The second-order valence-electron chi connectivity index (χ2n) is 4.75. The lowest BCUT2D eigenvalue weighted by Crippen LogP contribution is -2.19. The molecule has 2 N–H and O–H groups in total. The summed E-state index contributed by atoms with van der Waals surface area (Å²) in [5.41, 5.74) is 1.83. The van der Waals surface area contributed by atoms with Gasteiger partial charge in [0, 0.05) is 16.8 Å². The molecule has 2 aromatic rings. The molecule has 0 spiro atoms. The van der Waals surface area contributed by atoms with E-state index in [2.05, 4.69) is 26.9 Å². The predicted molar refractivity (Wildman–Crippen MR) is 79.1 cm³/mol. The molecule has 0 aromatic carbocycles. The maximum absolute atomic E-state index is 11.4. The highest BCUT2D eigenvalue weighted by atomic mass is 32.1. The van der Waals surface area contributed by atoms with Gasteiger partial charge in [0.1, 0.15) is 5.82 Å². The molecule has 0 unspecified atom stereocenters. The third-order valence-electron chi connectivity index (χ3n) is 3.37. The molecule has 5 nitrogen and oxygen atoms in total. The summed E-state index contributed by atoms with van der Waals surface area (Å²) in [6.45, 7) is 0.756. The average Bonchev–Trinajstić information content (AvgIpc) is 3.06. The van der Waals surface area contributed by atoms with Crippen LogP contribution in [-0.4, -0.2) is 23.2 Å². The SMILES string of the molecule is CNC(=O)c1ccc(NCc2cc3c(s2)CCC3)nn1. The maximum Gasteiger partial charge on any atom is 0.271 e. The number of carbonyl (C=O) groups is 1. The van der Waals surface area contributed by atoms with Crippen LogP contribution < -0.4 is 10.6 Å². The van der Waals surface area contributed by atoms with Crippen molar-refractivity contribution < 1.29 is 4.79 Å². The van der Waals surface area contributed by atoms with Gasteiger partial charge in [-0.25, -0.2) is 0 Å². The van der Waals surface area contributed by atoms with Crippen LogP contribution in [0, 0.1) is 0 Å². The Bertz CT molecular complexity index is 599. The van der Waals surface area contributed by atoms with E-state index in [1.54, 1.807) is 19.2 Å². The first-order valence-corrected chi connectivity index (χ1v) is 7.48. The minimum absolute atomic E-state index is 0.223. The molecule has 1 aliphatic carbocycles. The van der Waals surface area contributed by atoms with Crippen LogP contribution in [0.15, 0.2) is 18.2 Å². The summed E-state index contributed by atoms with van der Waals surface area (Å²) in [5, 5.41) is 13.7. The molecular weight excluding hydrogens is 272 g/mol. The first-order chi connectivity index (χ1) is 9.76. The number of anilines is 1. The van der Waals surface area contributed by atoms with Crippen LogP contribution in [0.1, 0.15) is 32.2 Å². The Morgan fingerprint density at radius 3 is 2.95 bits per heavy atom. The van der Waals surface area contributed by atoms with Gasteiger partial charge in [0.25, 0.3) is 5.91 Å². The molecule has 20 heavy (non-hydrogen) atoms. The van der Waals surface area contributed by atoms with Gasteiger partial charge in [-0.3, -0.25) is 4.79 Å². The second-order valence-corrected chi connectivity index (χ2v) is 5.97. The number of nitrogens with one attached hydrogen (secondary N) is 2. The van der Waals surface area contributed by atoms with Crippen LogP contribution in [0.3, 0.4) is 0 Å². The first-order valence-electron chi connectivity index (χ1n) is 6.66. The van der Waals surface area contributed by atoms with Crippen molar-refractivity contribution in [3.63, 3.8) is 0 Å². The molecule has 104 valence electrons. The number of amides is 1. The van der Waals surface area contributed by atoms with Crippen molar-refractivity contribution in [3.05, 3.63) is 39.2 Å². The van der Waals surface area contributed by atoms with Crippen molar-refractivity contribution in [3.8, 4) is 0 Å². The van der Waals surface area contributed by atoms with Gasteiger partial charge < -0.3 is 10.6 Å². The smallest absolute Gasteiger partial charge is 0.271 e. The van der Waals surface area contributed by atoms with Crippen LogP contribution in [0.5, 0.6) is 0 Å². The number of aromatic nitrogens is 2. The highest BCUT2D eigenvalue weighted by molar-refractivity contribution is 7.12. The summed E-state index contributed by atoms with van der Waals surface area (Å²) in [6, 6.07) is 5.73. The van der Waals surface area contributed by atoms with E-state index in [9.17, 15) is 4.79 Å². The zero-order valence-electron chi connectivity index (χ0n) is 11.3. The Morgan fingerprint density at radius 2 is 2.25 bits per heavy atom. The Kier molecular flexibility index (Phi) is 3.64. The Hall–Kier alpha value is -1.95. The van der Waals surface area contributed by atoms with E-state index in [1.165, 1.54) is 34.6 Å². The van der Waals surface area contributed by atoms with Crippen LogP contribution >= 0.6 is 11.3 Å². The van der Waals surface area contributed by atoms with Gasteiger partial charge >= 0.3 is 0 Å². The van der Waals surface area contributed by atoms with Crippen molar-refractivity contribution >= 4 is 23.1 Å². The molecule has 2 aromatic heterocycles. The molecule has 6 heteroatoms. The van der Waals surface area contributed by atoms with Crippen molar-refractivity contribution in [1.82, 2.24) is 15.5 Å². The molecular formula is C14H16N4OS. The monoisotopic (exact) mass is 288 g/mol. The average molecular weight is 288 g/mol. The molecule has 0 fully saturated rings. The molecule has 0 saturated carbocycles. The number of nitrogens with zero attached hydrogens (tertiary/aromatic N) is 2. The van der Waals surface area contributed by atoms with Gasteiger partial charge in [-0.1, -0.05) is 0 Å². The zero-order valence-corrected chi connectivity index (χ0v) is 12.1. The van der Waals surface area contributed by atoms with E-state index < -0.39 is 0 Å². The van der Waals surface area contributed by atoms with Gasteiger partial charge in [0.2, 0.25) is 0 Å². The number of thiophene rings is 1. The van der Waals surface area contributed by atoms with Gasteiger partial charge in [-0.05, 0) is 43.0 Å². The lowest BCUT2D eigenvalue weighted by molar-refractivity contribution is 0.0957. The quantitative estimate of drug-likeness (QED) is 0.903. The number of aryl methyl sites for hydroxylation is 2. The maximum atomic E-state index is 11.4. The fraction of sp³-hybridized carbons (Fsp3) is 0.357. The third-order valence-corrected chi connectivity index (χ3v) is 4.60. The van der Waals surface area contributed by atoms with E-state index in [4.69, 9.17) is 0 Å². The van der Waals surface area contributed by atoms with Crippen molar-refractivity contribution in [2.45, 2.75) is 25.8 Å². The number of rotatable bonds is 4. The van der Waals surface area contributed by atoms with Crippen molar-refractivity contribution in [2.24, 2.45) is 0 Å². The number of carbonyl (C=O) groups excluding carboxylic acids is 1. The third kappa shape index (κ3) is 2.65. The predicted octanol–water partition coefficient (Wildman–Crippen LogP) is 2.00. The summed E-state index contributed by atoms with van der Waals surface area (Å²) in [6.07, 6.45) is 3.73. The number of fused-ring (bicyclic) bond motifs is 1. The van der Waals surface area contributed by atoms with E-state index in [1.807, 2.05) is 11.3 Å². The van der Waals surface area contributed by atoms with Gasteiger partial charge in [-0.2, -0.15) is 0 Å². The Balaban J connectivity index is 1.61. The van der Waals surface area contributed by atoms with E-state index in [0.717, 1.165) is 6.54 Å². The van der Waals surface area contributed by atoms with E-state index >= 15 is 0 Å². The number of hydrogen-bond acceptors (Lipinski definition) is 5. The zero-order chi connectivity index (χ0) is 13.9. The van der Waals surface area contributed by atoms with Crippen molar-refractivity contribution in [2.75, 3.05) is 12.4 Å². The fourth-order valence-corrected chi connectivity index (χ4v) is 3.53. The van der Waals surface area contributed by atoms with Crippen LogP contribution in [0.4, 0.5) is 5.82 Å². The molecule has 1 amide bonds. The topological polar surface area (TPSA) is 66.9 Å². The minimum Gasteiger partial charge on any atom is -0.364 e. The normalized spacial score (nSPS) is 13.1. The Labute approximate surface area is 121 Å². The highest BCUT2D eigenvalue weighted by Gasteiger charge is 2.14. The van der Waals surface area contributed by atoms with Gasteiger partial charge in [-0.15, -0.1) is 21.5 Å². The summed E-state index contributed by atoms with van der Waals surface area (Å²) in [5.74, 6) is 0.463. The molecule has 0 bridgehead atoms. The molecule has 0 atom stereocenters. The molecule has 0 aliphatic heterocycles. The van der Waals surface area contributed by atoms with E-state index in [0.29, 0.717) is 11.5 Å². The minimum atomic E-state index is -0.223. The lowest BCUT2D eigenvalue weighted by Gasteiger charge is -2.04. The summed E-state index contributed by atoms with van der Waals surface area (Å²) >= 11 is 1.88. The van der Waals surface area contributed by atoms with Crippen LogP contribution in [0.25, 0.3) is 0 Å². The molecule has 2 heterocycles. The largest absolute Gasteiger partial charge is 0.364 e. The molecule has 3 rings (SSSR count). The summed E-state index contributed by atoms with van der Waals surface area (Å²) < 4.78 is 0. The molecule has 0 radical (unpaired) electrons. The van der Waals surface area contributed by atoms with Gasteiger partial charge in [0.05, 0.1) is 6.54 Å². The first kappa shape index (κ1) is 13.1. The van der Waals surface area contributed by atoms with Crippen molar-refractivity contribution in [1.29, 1.82) is 0 Å². The lowest BCUT2D eigenvalue weighted by atomic mass is 10.2. The number of hydrogen-bond donors (Lipinski definition) is 2. The van der Waals surface area contributed by atoms with E-state index in [-0.39, 0.29) is 5.91 Å². The molecule has 0 saturated heterocycles. The summed E-state index contributed by atoms with van der Waals surface area (Å²) in [4.78, 5) is 14.2.